The molecule has 0 saturated heterocycles. The van der Waals surface area contributed by atoms with Gasteiger partial charge in [-0.2, -0.15) is 5.26 Å². The molecule has 4 nitrogen and oxygen atoms in total. The van der Waals surface area contributed by atoms with Crippen LogP contribution >= 0.6 is 0 Å². The average molecular weight is 198 g/mol. The summed E-state index contributed by atoms with van der Waals surface area (Å²) < 4.78 is 0. The third-order valence-electron chi connectivity index (χ3n) is 2.31. The molecular weight excluding hydrogens is 180 g/mol. The van der Waals surface area contributed by atoms with E-state index in [2.05, 4.69) is 6.07 Å². The lowest BCUT2D eigenvalue weighted by Crippen LogP contribution is -2.33. The maximum atomic E-state index is 10.3. The van der Waals surface area contributed by atoms with Crippen molar-refractivity contribution >= 4 is 5.97 Å². The lowest BCUT2D eigenvalue weighted by molar-refractivity contribution is -0.137. The van der Waals surface area contributed by atoms with Crippen LogP contribution in [0.2, 0.25) is 0 Å². The number of nitrogens with zero attached hydrogens (tertiary/aromatic N) is 2. The fourth-order valence-electron chi connectivity index (χ4n) is 1.21. The first kappa shape index (κ1) is 12.9. The smallest absolute Gasteiger partial charge is 0.303 e. The molecule has 0 fully saturated rings. The zero-order valence-corrected chi connectivity index (χ0v) is 9.03. The van der Waals surface area contributed by atoms with E-state index in [-0.39, 0.29) is 18.4 Å². The molecular formula is C10H18N2O2. The number of carbonyl (C=O) groups is 1. The van der Waals surface area contributed by atoms with E-state index < -0.39 is 5.97 Å². The summed E-state index contributed by atoms with van der Waals surface area (Å²) in [5.41, 5.74) is 0. The molecule has 4 heteroatoms. The lowest BCUT2D eigenvalue weighted by Gasteiger charge is -2.24. The fraction of sp³-hybridized carbons (Fsp3) is 0.800. The molecule has 0 aliphatic rings. The van der Waals surface area contributed by atoms with E-state index in [1.807, 2.05) is 25.8 Å². The minimum Gasteiger partial charge on any atom is -0.481 e. The van der Waals surface area contributed by atoms with Gasteiger partial charge in [-0.3, -0.25) is 4.79 Å². The Kier molecular flexibility index (Phi) is 5.89. The minimum atomic E-state index is -0.765. The van der Waals surface area contributed by atoms with Gasteiger partial charge in [0.2, 0.25) is 0 Å². The van der Waals surface area contributed by atoms with Crippen molar-refractivity contribution in [3.05, 3.63) is 0 Å². The minimum absolute atomic E-state index is 0.00715. The molecule has 0 amide bonds. The fourth-order valence-corrected chi connectivity index (χ4v) is 1.21. The van der Waals surface area contributed by atoms with Crippen molar-refractivity contribution in [1.82, 2.24) is 4.90 Å². The van der Waals surface area contributed by atoms with Crippen LogP contribution in [0.1, 0.15) is 26.7 Å². The Bertz CT molecular complexity index is 223. The molecule has 0 saturated carbocycles. The van der Waals surface area contributed by atoms with Crippen LogP contribution in [0.4, 0.5) is 0 Å². The molecule has 0 aliphatic heterocycles. The van der Waals surface area contributed by atoms with Gasteiger partial charge in [-0.1, -0.05) is 0 Å². The van der Waals surface area contributed by atoms with E-state index in [0.717, 1.165) is 0 Å². The van der Waals surface area contributed by atoms with E-state index >= 15 is 0 Å². The number of aliphatic carboxylic acids is 1. The molecule has 0 radical (unpaired) electrons. The second-order valence-corrected chi connectivity index (χ2v) is 3.75. The van der Waals surface area contributed by atoms with E-state index in [1.165, 1.54) is 0 Å². The van der Waals surface area contributed by atoms with Gasteiger partial charge in [0.25, 0.3) is 0 Å². The van der Waals surface area contributed by atoms with Crippen LogP contribution < -0.4 is 0 Å². The van der Waals surface area contributed by atoms with Gasteiger partial charge in [0, 0.05) is 19.0 Å². The first-order chi connectivity index (χ1) is 6.47. The van der Waals surface area contributed by atoms with Gasteiger partial charge >= 0.3 is 5.97 Å². The number of carboxylic acid groups (broad SMARTS) is 1. The van der Waals surface area contributed by atoms with Crippen LogP contribution in [0.25, 0.3) is 0 Å². The van der Waals surface area contributed by atoms with E-state index in [1.54, 1.807) is 0 Å². The standard InChI is InChI=1S/C10H18N2O2/c1-8(6-11)7-12(3)9(2)4-5-10(13)14/h8-9H,4-5,7H2,1-3H3,(H,13,14). The maximum absolute atomic E-state index is 10.3. The van der Waals surface area contributed by atoms with E-state index in [9.17, 15) is 4.79 Å². The number of carboxylic acids is 1. The van der Waals surface area contributed by atoms with Crippen molar-refractivity contribution in [1.29, 1.82) is 5.26 Å². The zero-order valence-electron chi connectivity index (χ0n) is 9.03. The quantitative estimate of drug-likeness (QED) is 0.699. The van der Waals surface area contributed by atoms with Crippen LogP contribution in [0.5, 0.6) is 0 Å². The van der Waals surface area contributed by atoms with Crippen LogP contribution in [-0.4, -0.2) is 35.6 Å². The monoisotopic (exact) mass is 198 g/mol. The summed E-state index contributed by atoms with van der Waals surface area (Å²) in [7, 11) is 1.92. The molecule has 0 aromatic carbocycles. The van der Waals surface area contributed by atoms with Crippen LogP contribution in [0.15, 0.2) is 0 Å². The molecule has 0 bridgehead atoms. The molecule has 0 spiro atoms. The normalized spacial score (nSPS) is 14.8. The van der Waals surface area contributed by atoms with Crippen molar-refractivity contribution < 1.29 is 9.90 Å². The van der Waals surface area contributed by atoms with Gasteiger partial charge in [-0.05, 0) is 27.3 Å². The maximum Gasteiger partial charge on any atom is 0.303 e. The molecule has 1 N–H and O–H groups in total. The molecule has 0 aliphatic carbocycles. The summed E-state index contributed by atoms with van der Waals surface area (Å²) in [6.45, 7) is 4.53. The Balaban J connectivity index is 3.82. The van der Waals surface area contributed by atoms with Gasteiger partial charge in [0.1, 0.15) is 0 Å². The van der Waals surface area contributed by atoms with Gasteiger partial charge in [-0.15, -0.1) is 0 Å². The highest BCUT2D eigenvalue weighted by Crippen LogP contribution is 2.06. The Morgan fingerprint density at radius 2 is 2.14 bits per heavy atom. The third-order valence-corrected chi connectivity index (χ3v) is 2.31. The highest BCUT2D eigenvalue weighted by atomic mass is 16.4. The lowest BCUT2D eigenvalue weighted by atomic mass is 10.1. The summed E-state index contributed by atoms with van der Waals surface area (Å²) >= 11 is 0. The molecule has 0 aromatic rings. The number of nitriles is 1. The third kappa shape index (κ3) is 5.55. The molecule has 0 rings (SSSR count). The summed E-state index contributed by atoms with van der Waals surface area (Å²) in [4.78, 5) is 12.4. The summed E-state index contributed by atoms with van der Waals surface area (Å²) in [6.07, 6.45) is 0.816. The predicted molar refractivity (Wildman–Crippen MR) is 53.7 cm³/mol. The first-order valence-corrected chi connectivity index (χ1v) is 4.79. The highest BCUT2D eigenvalue weighted by molar-refractivity contribution is 5.66. The van der Waals surface area contributed by atoms with E-state index in [0.29, 0.717) is 13.0 Å². The van der Waals surface area contributed by atoms with Gasteiger partial charge in [0.15, 0.2) is 0 Å². The van der Waals surface area contributed by atoms with Gasteiger partial charge < -0.3 is 10.0 Å². The Labute approximate surface area is 85.1 Å². The topological polar surface area (TPSA) is 64.3 Å². The zero-order chi connectivity index (χ0) is 11.1. The molecule has 80 valence electrons. The Hall–Kier alpha value is -1.08. The second-order valence-electron chi connectivity index (χ2n) is 3.75. The summed E-state index contributed by atoms with van der Waals surface area (Å²) in [6, 6.07) is 2.37. The van der Waals surface area contributed by atoms with Crippen molar-refractivity contribution in [2.24, 2.45) is 5.92 Å². The van der Waals surface area contributed by atoms with Crippen LogP contribution in [0.3, 0.4) is 0 Å². The number of hydrogen-bond acceptors (Lipinski definition) is 3. The average Bonchev–Trinajstić information content (AvgIpc) is 2.13. The van der Waals surface area contributed by atoms with Crippen molar-refractivity contribution in [2.75, 3.05) is 13.6 Å². The van der Waals surface area contributed by atoms with Crippen molar-refractivity contribution in [3.63, 3.8) is 0 Å². The van der Waals surface area contributed by atoms with Crippen molar-refractivity contribution in [2.45, 2.75) is 32.7 Å². The van der Waals surface area contributed by atoms with Crippen LogP contribution in [-0.2, 0) is 4.79 Å². The second kappa shape index (κ2) is 6.39. The van der Waals surface area contributed by atoms with E-state index in [4.69, 9.17) is 10.4 Å². The summed E-state index contributed by atoms with van der Waals surface area (Å²) in [5, 5.41) is 17.1. The Morgan fingerprint density at radius 1 is 1.57 bits per heavy atom. The molecule has 0 heterocycles. The molecule has 14 heavy (non-hydrogen) atoms. The number of rotatable bonds is 6. The van der Waals surface area contributed by atoms with Gasteiger partial charge in [0.05, 0.1) is 12.0 Å². The van der Waals surface area contributed by atoms with Gasteiger partial charge in [-0.25, -0.2) is 0 Å². The summed E-state index contributed by atoms with van der Waals surface area (Å²) in [5.74, 6) is -0.772. The Morgan fingerprint density at radius 3 is 2.57 bits per heavy atom. The largest absolute Gasteiger partial charge is 0.481 e. The van der Waals surface area contributed by atoms with Crippen LogP contribution in [0, 0.1) is 17.2 Å². The molecule has 2 unspecified atom stereocenters. The molecule has 0 aromatic heterocycles. The predicted octanol–water partition coefficient (Wildman–Crippen LogP) is 1.33. The van der Waals surface area contributed by atoms with Crippen molar-refractivity contribution in [3.8, 4) is 6.07 Å². The SMILES string of the molecule is CC(C#N)CN(C)C(C)CCC(=O)O. The highest BCUT2D eigenvalue weighted by Gasteiger charge is 2.13. The first-order valence-electron chi connectivity index (χ1n) is 4.79. The molecule has 2 atom stereocenters. The number of hydrogen-bond donors (Lipinski definition) is 1.